The maximum atomic E-state index is 7.51. The number of nitrogens with one attached hydrogen (secondary N) is 1. The fraction of sp³-hybridized carbons (Fsp3) is 0.200. The molecule has 0 fully saturated rings. The fourth-order valence-electron chi connectivity index (χ4n) is 2.43. The molecule has 0 atom stereocenters. The first-order valence-electron chi connectivity index (χ1n) is 6.43. The molecule has 1 aliphatic rings. The zero-order valence-electron chi connectivity index (χ0n) is 10.8. The van der Waals surface area contributed by atoms with Crippen molar-refractivity contribution in [3.05, 3.63) is 52.2 Å². The fourth-order valence-corrected chi connectivity index (χ4v) is 3.63. The number of hydrogen-bond donors (Lipinski definition) is 2. The van der Waals surface area contributed by atoms with Crippen LogP contribution in [0.4, 0.5) is 0 Å². The number of halogens is 1. The van der Waals surface area contributed by atoms with Crippen LogP contribution in [-0.4, -0.2) is 10.8 Å². The summed E-state index contributed by atoms with van der Waals surface area (Å²) in [5.41, 5.74) is 8.92. The minimum atomic E-state index is -0.0341. The lowest BCUT2D eigenvalue weighted by molar-refractivity contribution is 0.911. The number of nitrogens with two attached hydrogens (primary N) is 1. The molecule has 3 nitrogen and oxygen atoms in total. The molecule has 0 radical (unpaired) electrons. The predicted octanol–water partition coefficient (Wildman–Crippen LogP) is 3.66. The number of nitrogens with zero attached hydrogens (tertiary/aromatic N) is 1. The van der Waals surface area contributed by atoms with Crippen LogP contribution in [0, 0.1) is 5.41 Å². The van der Waals surface area contributed by atoms with Crippen LogP contribution in [0.3, 0.4) is 0 Å². The van der Waals surface area contributed by atoms with Gasteiger partial charge in [0.1, 0.15) is 10.9 Å². The second-order valence-electron chi connectivity index (χ2n) is 4.78. The average Bonchev–Trinajstić information content (AvgIpc) is 2.88. The second kappa shape index (κ2) is 5.46. The lowest BCUT2D eigenvalue weighted by atomic mass is 10.1. The molecule has 102 valence electrons. The van der Waals surface area contributed by atoms with Gasteiger partial charge in [-0.25, -0.2) is 4.98 Å². The van der Waals surface area contributed by atoms with Gasteiger partial charge in [-0.2, -0.15) is 0 Å². The van der Waals surface area contributed by atoms with Gasteiger partial charge in [0.15, 0.2) is 0 Å². The van der Waals surface area contributed by atoms with Gasteiger partial charge in [0, 0.05) is 16.7 Å². The zero-order chi connectivity index (χ0) is 14.1. The highest BCUT2D eigenvalue weighted by atomic mass is 35.5. The number of aromatic nitrogens is 1. The molecule has 0 amide bonds. The van der Waals surface area contributed by atoms with Crippen LogP contribution >= 0.6 is 23.4 Å². The Morgan fingerprint density at radius 2 is 2.05 bits per heavy atom. The first kappa shape index (κ1) is 13.5. The van der Waals surface area contributed by atoms with E-state index in [0.29, 0.717) is 15.6 Å². The molecular weight excluding hydrogens is 290 g/mol. The molecular formula is C15H14ClN3S. The minimum Gasteiger partial charge on any atom is -0.384 e. The molecule has 1 aromatic carbocycles. The van der Waals surface area contributed by atoms with Crippen molar-refractivity contribution in [3.63, 3.8) is 0 Å². The van der Waals surface area contributed by atoms with E-state index in [4.69, 9.17) is 22.7 Å². The van der Waals surface area contributed by atoms with Crippen molar-refractivity contribution in [2.75, 3.05) is 0 Å². The SMILES string of the molecule is N=C(N)c1ccnc(Sc2ccc3c(c2)CCC3)c1Cl. The van der Waals surface area contributed by atoms with Crippen molar-refractivity contribution in [2.45, 2.75) is 29.2 Å². The number of hydrogen-bond acceptors (Lipinski definition) is 3. The molecule has 20 heavy (non-hydrogen) atoms. The van der Waals surface area contributed by atoms with Crippen LogP contribution in [0.25, 0.3) is 0 Å². The molecule has 0 unspecified atom stereocenters. The highest BCUT2D eigenvalue weighted by Crippen LogP contribution is 2.35. The number of rotatable bonds is 3. The number of fused-ring (bicyclic) bond motifs is 1. The average molecular weight is 304 g/mol. The Morgan fingerprint density at radius 1 is 1.25 bits per heavy atom. The molecule has 1 heterocycles. The Morgan fingerprint density at radius 3 is 2.85 bits per heavy atom. The van der Waals surface area contributed by atoms with Gasteiger partial charge in [-0.1, -0.05) is 29.4 Å². The summed E-state index contributed by atoms with van der Waals surface area (Å²) in [6.45, 7) is 0. The lowest BCUT2D eigenvalue weighted by Crippen LogP contribution is -2.12. The van der Waals surface area contributed by atoms with Crippen molar-refractivity contribution in [1.29, 1.82) is 5.41 Å². The summed E-state index contributed by atoms with van der Waals surface area (Å²) in [5.74, 6) is -0.0341. The van der Waals surface area contributed by atoms with Gasteiger partial charge in [0.05, 0.1) is 5.02 Å². The van der Waals surface area contributed by atoms with Crippen molar-refractivity contribution in [3.8, 4) is 0 Å². The molecule has 2 aromatic rings. The molecule has 1 aliphatic carbocycles. The third-order valence-corrected chi connectivity index (χ3v) is 4.92. The van der Waals surface area contributed by atoms with Gasteiger partial charge in [0.25, 0.3) is 0 Å². The molecule has 0 spiro atoms. The first-order chi connectivity index (χ1) is 9.65. The predicted molar refractivity (Wildman–Crippen MR) is 82.9 cm³/mol. The van der Waals surface area contributed by atoms with Crippen LogP contribution in [0.5, 0.6) is 0 Å². The van der Waals surface area contributed by atoms with Crippen molar-refractivity contribution in [2.24, 2.45) is 5.73 Å². The third kappa shape index (κ3) is 2.53. The van der Waals surface area contributed by atoms with E-state index in [2.05, 4.69) is 23.2 Å². The van der Waals surface area contributed by atoms with Crippen LogP contribution in [0.1, 0.15) is 23.1 Å². The Bertz CT molecular complexity index is 685. The maximum Gasteiger partial charge on any atom is 0.124 e. The summed E-state index contributed by atoms with van der Waals surface area (Å²) in [6.07, 6.45) is 5.21. The second-order valence-corrected chi connectivity index (χ2v) is 6.22. The largest absolute Gasteiger partial charge is 0.384 e. The quantitative estimate of drug-likeness (QED) is 0.672. The number of nitrogen functional groups attached to an aromatic ring is 1. The lowest BCUT2D eigenvalue weighted by Gasteiger charge is -2.08. The van der Waals surface area contributed by atoms with E-state index in [1.54, 1.807) is 12.3 Å². The van der Waals surface area contributed by atoms with E-state index in [0.717, 1.165) is 11.3 Å². The molecule has 0 bridgehead atoms. The van der Waals surface area contributed by atoms with Crippen molar-refractivity contribution in [1.82, 2.24) is 4.98 Å². The molecule has 0 saturated heterocycles. The highest BCUT2D eigenvalue weighted by molar-refractivity contribution is 7.99. The summed E-state index contributed by atoms with van der Waals surface area (Å²) >= 11 is 7.78. The Labute approximate surface area is 127 Å². The normalized spacial score (nSPS) is 13.2. The summed E-state index contributed by atoms with van der Waals surface area (Å²) in [5, 5.41) is 8.65. The third-order valence-electron chi connectivity index (χ3n) is 3.43. The van der Waals surface area contributed by atoms with Gasteiger partial charge < -0.3 is 5.73 Å². The molecule has 0 saturated carbocycles. The number of benzene rings is 1. The van der Waals surface area contributed by atoms with Gasteiger partial charge >= 0.3 is 0 Å². The van der Waals surface area contributed by atoms with Crippen LogP contribution in [-0.2, 0) is 12.8 Å². The summed E-state index contributed by atoms with van der Waals surface area (Å²) in [6, 6.07) is 8.17. The van der Waals surface area contributed by atoms with E-state index in [9.17, 15) is 0 Å². The molecule has 0 aliphatic heterocycles. The molecule has 3 rings (SSSR count). The smallest absolute Gasteiger partial charge is 0.124 e. The summed E-state index contributed by atoms with van der Waals surface area (Å²) in [7, 11) is 0. The van der Waals surface area contributed by atoms with Crippen molar-refractivity contribution < 1.29 is 0 Å². The topological polar surface area (TPSA) is 62.8 Å². The van der Waals surface area contributed by atoms with Gasteiger partial charge in [-0.15, -0.1) is 0 Å². The minimum absolute atomic E-state index is 0.0341. The summed E-state index contributed by atoms with van der Waals surface area (Å²) in [4.78, 5) is 5.41. The van der Waals surface area contributed by atoms with Crippen LogP contribution < -0.4 is 5.73 Å². The van der Waals surface area contributed by atoms with Crippen molar-refractivity contribution >= 4 is 29.2 Å². The Balaban J connectivity index is 1.92. The Kier molecular flexibility index (Phi) is 3.68. The number of aryl methyl sites for hydroxylation is 2. The van der Waals surface area contributed by atoms with Gasteiger partial charge in [-0.05, 0) is 48.6 Å². The van der Waals surface area contributed by atoms with Gasteiger partial charge in [-0.3, -0.25) is 5.41 Å². The Hall–Kier alpha value is -1.52. The van der Waals surface area contributed by atoms with E-state index in [1.807, 2.05) is 0 Å². The van der Waals surface area contributed by atoms with E-state index >= 15 is 0 Å². The maximum absolute atomic E-state index is 7.51. The number of amidine groups is 1. The van der Waals surface area contributed by atoms with Gasteiger partial charge in [0.2, 0.25) is 0 Å². The number of pyridine rings is 1. The summed E-state index contributed by atoms with van der Waals surface area (Å²) < 4.78 is 0. The first-order valence-corrected chi connectivity index (χ1v) is 7.63. The van der Waals surface area contributed by atoms with Crippen LogP contribution in [0.15, 0.2) is 40.4 Å². The molecule has 3 N–H and O–H groups in total. The molecule has 5 heteroatoms. The van der Waals surface area contributed by atoms with E-state index < -0.39 is 0 Å². The molecule has 1 aromatic heterocycles. The standard InChI is InChI=1S/C15H14ClN3S/c16-13-12(14(17)18)6-7-19-15(13)20-11-5-4-9-2-1-3-10(9)8-11/h4-8H,1-3H2,(H3,17,18). The van der Waals surface area contributed by atoms with Crippen LogP contribution in [0.2, 0.25) is 5.02 Å². The van der Waals surface area contributed by atoms with E-state index in [1.165, 1.54) is 35.7 Å². The zero-order valence-corrected chi connectivity index (χ0v) is 12.4. The van der Waals surface area contributed by atoms with E-state index in [-0.39, 0.29) is 5.84 Å². The monoisotopic (exact) mass is 303 g/mol. The highest BCUT2D eigenvalue weighted by Gasteiger charge is 2.14.